The smallest absolute Gasteiger partial charge is 0.446 e. The summed E-state index contributed by atoms with van der Waals surface area (Å²) in [5.41, 5.74) is 18.3. The number of imidazole rings is 1. The largest absolute Gasteiger partial charge is 0.481 e. The van der Waals surface area contributed by atoms with Crippen molar-refractivity contribution in [2.24, 2.45) is 22.2 Å². The molecular formula is C60H78N16O19S2. The first kappa shape index (κ1) is 77.0. The molecule has 9 atom stereocenters. The lowest BCUT2D eigenvalue weighted by atomic mass is 10.0. The first-order chi connectivity index (χ1) is 46.0. The molecule has 3 aromatic carbocycles. The number of guanidine groups is 1. The number of benzene rings is 3. The van der Waals surface area contributed by atoms with Gasteiger partial charge < -0.3 is 89.7 Å². The molecule has 0 radical (unpaired) electrons. The van der Waals surface area contributed by atoms with Gasteiger partial charge in [0, 0.05) is 57.0 Å². The van der Waals surface area contributed by atoms with Gasteiger partial charge in [-0.05, 0) is 72.9 Å². The molecular weight excluding hydrogens is 1310 g/mol. The van der Waals surface area contributed by atoms with Crippen molar-refractivity contribution in [2.45, 2.75) is 131 Å². The number of aliphatic carboxylic acids is 2. The van der Waals surface area contributed by atoms with E-state index in [2.05, 4.69) is 72.3 Å². The van der Waals surface area contributed by atoms with Crippen molar-refractivity contribution in [3.63, 3.8) is 0 Å². The highest BCUT2D eigenvalue weighted by Gasteiger charge is 2.37. The number of hydrogen-bond donors (Lipinski definition) is 17. The standard InChI is InChI=1S/C60H78N16O19S2/c1-96-24-22-41(56(88)70-38(13-8-23-65-60(62)63)53(85)73-42(51(61)83)25-33-9-4-2-5-10-33)72-58(90)45(28-36-30-64-32-67-36)69-48(78)31-66-52(84)43(27-35-14-16-37(17-15-35)95-97(92,93)94)74-55(87)40(19-21-49(79)80)71-59(91)46(29-50(81)82)76-57(89)44(26-34-11-6-3-7-12-34)75-54(86)39-18-20-47(77)68-39/h2-7,9-12,14-17,30,32,38-46H,8,13,18-29,31H2,1H3,(H2,61,83)(H,64,67)(H,66,84)(H,68,77)(H,69,78)(H,70,88)(H,71,91)(H,72,90)(H,73,85)(H,74,87)(H,75,86)(H,76,89)(H,79,80)(H,81,82)(H4,62,63,65)(H,92,93,94). The van der Waals surface area contributed by atoms with Crippen LogP contribution in [0.25, 0.3) is 0 Å². The Morgan fingerprint density at radius 1 is 0.619 bits per heavy atom. The third kappa shape index (κ3) is 28.0. The second-order valence-electron chi connectivity index (χ2n) is 22.1. The average Bonchev–Trinajstić information content (AvgIpc) is 1.98. The first-order valence-corrected chi connectivity index (χ1v) is 32.9. The van der Waals surface area contributed by atoms with E-state index in [0.29, 0.717) is 16.8 Å². The lowest BCUT2D eigenvalue weighted by Crippen LogP contribution is -2.60. The minimum absolute atomic E-state index is 0.0126. The second kappa shape index (κ2) is 38.6. The fourth-order valence-corrected chi connectivity index (χ4v) is 10.5. The van der Waals surface area contributed by atoms with Crippen molar-refractivity contribution in [1.29, 1.82) is 0 Å². The van der Waals surface area contributed by atoms with E-state index in [-0.39, 0.29) is 75.2 Å². The zero-order chi connectivity index (χ0) is 71.2. The van der Waals surface area contributed by atoms with Crippen molar-refractivity contribution >= 4 is 105 Å². The van der Waals surface area contributed by atoms with Crippen LogP contribution in [0.3, 0.4) is 0 Å². The van der Waals surface area contributed by atoms with Gasteiger partial charge in [0.2, 0.25) is 65.0 Å². The van der Waals surface area contributed by atoms with Crippen LogP contribution in [0.5, 0.6) is 5.75 Å². The number of nitrogens with zero attached hydrogens (tertiary/aromatic N) is 2. The molecule has 2 heterocycles. The van der Waals surface area contributed by atoms with E-state index >= 15 is 0 Å². The number of aliphatic imine (C=N–C) groups is 1. The van der Waals surface area contributed by atoms with Crippen molar-refractivity contribution in [1.82, 2.24) is 63.1 Å². The molecule has 1 aliphatic rings. The maximum absolute atomic E-state index is 14.4. The minimum atomic E-state index is -5.01. The third-order valence-corrected chi connectivity index (χ3v) is 15.6. The van der Waals surface area contributed by atoms with Gasteiger partial charge in [-0.15, -0.1) is 0 Å². The molecule has 1 aliphatic heterocycles. The molecule has 37 heteroatoms. The number of aromatic nitrogens is 2. The van der Waals surface area contributed by atoms with Crippen LogP contribution in [0.15, 0.2) is 102 Å². The van der Waals surface area contributed by atoms with Gasteiger partial charge in [-0.3, -0.25) is 71.9 Å². The summed E-state index contributed by atoms with van der Waals surface area (Å²) in [6.45, 7) is -0.904. The number of nitrogens with two attached hydrogens (primary N) is 3. The predicted octanol–water partition coefficient (Wildman–Crippen LogP) is -4.23. The monoisotopic (exact) mass is 1390 g/mol. The van der Waals surface area contributed by atoms with Crippen molar-refractivity contribution in [3.8, 4) is 5.75 Å². The van der Waals surface area contributed by atoms with Crippen LogP contribution in [-0.4, -0.2) is 196 Å². The van der Waals surface area contributed by atoms with Gasteiger partial charge in [-0.2, -0.15) is 20.2 Å². The molecule has 97 heavy (non-hydrogen) atoms. The third-order valence-electron chi connectivity index (χ3n) is 14.5. The van der Waals surface area contributed by atoms with Crippen molar-refractivity contribution in [2.75, 3.05) is 25.1 Å². The Hall–Kier alpha value is -10.7. The van der Waals surface area contributed by atoms with Crippen LogP contribution in [0.1, 0.15) is 73.8 Å². The highest BCUT2D eigenvalue weighted by atomic mass is 32.3. The van der Waals surface area contributed by atoms with E-state index < -0.39 is 180 Å². The van der Waals surface area contributed by atoms with E-state index in [1.165, 1.54) is 36.4 Å². The van der Waals surface area contributed by atoms with Gasteiger partial charge in [0.15, 0.2) is 5.96 Å². The number of carboxylic acids is 2. The van der Waals surface area contributed by atoms with Gasteiger partial charge in [0.05, 0.1) is 19.3 Å². The second-order valence-corrected chi connectivity index (χ2v) is 24.1. The number of aromatic amines is 1. The van der Waals surface area contributed by atoms with Gasteiger partial charge in [0.25, 0.3) is 0 Å². The van der Waals surface area contributed by atoms with Gasteiger partial charge in [-0.1, -0.05) is 72.8 Å². The maximum Gasteiger partial charge on any atom is 0.446 e. The number of carboxylic acid groups (broad SMARTS) is 2. The van der Waals surface area contributed by atoms with Crippen LogP contribution in [0.4, 0.5) is 0 Å². The number of amides is 11. The highest BCUT2D eigenvalue weighted by molar-refractivity contribution is 7.98. The molecule has 5 rings (SSSR count). The normalized spacial score (nSPS) is 15.0. The first-order valence-electron chi connectivity index (χ1n) is 30.1. The molecule has 11 amide bonds. The van der Waals surface area contributed by atoms with E-state index in [1.54, 1.807) is 66.9 Å². The quantitative estimate of drug-likeness (QED) is 0.00866. The zero-order valence-corrected chi connectivity index (χ0v) is 54.0. The molecule has 0 spiro atoms. The van der Waals surface area contributed by atoms with Crippen LogP contribution in [0.2, 0.25) is 0 Å². The van der Waals surface area contributed by atoms with E-state index in [9.17, 15) is 85.5 Å². The Bertz CT molecular complexity index is 3550. The molecule has 0 saturated carbocycles. The Labute approximate surface area is 559 Å². The SMILES string of the molecule is CSCCC(NC(=O)C(Cc1cnc[nH]1)NC(=O)CNC(=O)C(Cc1ccc(OS(=O)(=O)O)cc1)NC(=O)C(CCC(=O)O)NC(=O)C(CC(=O)O)NC(=O)C(Cc1ccccc1)NC(=O)C1CCC(=O)N1)C(=O)NC(CCCN=C(N)N)C(=O)NC(Cc1ccccc1)C(N)=O. The molecule has 1 saturated heterocycles. The van der Waals surface area contributed by atoms with Crippen LogP contribution in [-0.2, 0) is 98.4 Å². The summed E-state index contributed by atoms with van der Waals surface area (Å²) in [6, 6.07) is 7.72. The summed E-state index contributed by atoms with van der Waals surface area (Å²) in [5.74, 6) is -14.0. The molecule has 1 fully saturated rings. The van der Waals surface area contributed by atoms with Crippen molar-refractivity contribution < 1.29 is 89.7 Å². The molecule has 0 aliphatic carbocycles. The van der Waals surface area contributed by atoms with E-state index in [1.807, 2.05) is 0 Å². The summed E-state index contributed by atoms with van der Waals surface area (Å²) >= 11 is 1.31. The predicted molar refractivity (Wildman–Crippen MR) is 346 cm³/mol. The lowest BCUT2D eigenvalue weighted by molar-refractivity contribution is -0.141. The molecule has 1 aromatic heterocycles. The molecule has 4 aromatic rings. The van der Waals surface area contributed by atoms with Crippen molar-refractivity contribution in [3.05, 3.63) is 120 Å². The fraction of sp³-hybridized carbons (Fsp3) is 0.417. The van der Waals surface area contributed by atoms with Gasteiger partial charge >= 0.3 is 22.3 Å². The summed E-state index contributed by atoms with van der Waals surface area (Å²) in [4.78, 5) is 186. The summed E-state index contributed by atoms with van der Waals surface area (Å²) in [6.07, 6.45) is 0.868. The van der Waals surface area contributed by atoms with Gasteiger partial charge in [-0.25, -0.2) is 4.98 Å². The van der Waals surface area contributed by atoms with Gasteiger partial charge in [0.1, 0.15) is 60.1 Å². The van der Waals surface area contributed by atoms with Crippen LogP contribution < -0.4 is 74.6 Å². The number of rotatable bonds is 41. The Morgan fingerprint density at radius 2 is 1.11 bits per heavy atom. The van der Waals surface area contributed by atoms with E-state index in [4.69, 9.17) is 17.2 Å². The van der Waals surface area contributed by atoms with E-state index in [0.717, 1.165) is 12.1 Å². The molecule has 524 valence electrons. The summed E-state index contributed by atoms with van der Waals surface area (Å²) in [7, 11) is -5.01. The number of H-pyrrole nitrogens is 1. The number of primary amides is 1. The summed E-state index contributed by atoms with van der Waals surface area (Å²) in [5, 5.41) is 44.2. The summed E-state index contributed by atoms with van der Waals surface area (Å²) < 4.78 is 36.6. The molecule has 9 unspecified atom stereocenters. The average molecular weight is 1390 g/mol. The number of carbonyl (C=O) groups excluding carboxylic acids is 11. The highest BCUT2D eigenvalue weighted by Crippen LogP contribution is 2.17. The number of hydrogen-bond acceptors (Lipinski definition) is 19. The molecule has 20 N–H and O–H groups in total. The molecule has 35 nitrogen and oxygen atoms in total. The molecule has 0 bridgehead atoms. The van der Waals surface area contributed by atoms with Crippen LogP contribution >= 0.6 is 11.8 Å². The topological polar surface area (TPSA) is 565 Å². The number of nitrogens with one attached hydrogen (secondary N) is 11. The Kier molecular flexibility index (Phi) is 30.7. The Morgan fingerprint density at radius 3 is 1.62 bits per heavy atom. The Balaban J connectivity index is 1.37. The number of carbonyl (C=O) groups is 13. The number of thioether (sulfide) groups is 1. The maximum atomic E-state index is 14.4. The fourth-order valence-electron chi connectivity index (χ4n) is 9.66. The minimum Gasteiger partial charge on any atom is -0.481 e. The van der Waals surface area contributed by atoms with Crippen LogP contribution in [0, 0.1) is 0 Å². The lowest BCUT2D eigenvalue weighted by Gasteiger charge is -2.27. The zero-order valence-electron chi connectivity index (χ0n) is 52.4.